The predicted octanol–water partition coefficient (Wildman–Crippen LogP) is 10.8. The Bertz CT molecular complexity index is 1500. The van der Waals surface area contributed by atoms with Crippen molar-refractivity contribution in [1.82, 2.24) is 0 Å². The number of phosphoric acid groups is 1. The molecular weight excluding hydrogens is 806 g/mol. The number of carbonyl (C=O) groups is 2. The van der Waals surface area contributed by atoms with E-state index in [1.165, 1.54) is 0 Å². The highest BCUT2D eigenvalue weighted by Gasteiger charge is 2.27. The lowest BCUT2D eigenvalue weighted by atomic mass is 10.0. The van der Waals surface area contributed by atoms with Crippen LogP contribution in [0.2, 0.25) is 0 Å². The van der Waals surface area contributed by atoms with Crippen LogP contribution in [0.15, 0.2) is 122 Å². The van der Waals surface area contributed by atoms with Crippen LogP contribution in [-0.2, 0) is 32.7 Å². The minimum Gasteiger partial charge on any atom is -0.462 e. The first-order chi connectivity index (χ1) is 29.8. The fourth-order valence-corrected chi connectivity index (χ4v) is 5.87. The van der Waals surface area contributed by atoms with Gasteiger partial charge in [0, 0.05) is 12.8 Å². The van der Waals surface area contributed by atoms with Gasteiger partial charge in [-0.1, -0.05) is 135 Å². The molecule has 11 nitrogen and oxygen atoms in total. The first kappa shape index (κ1) is 58.3. The number of aliphatic hydroxyl groups excluding tert-OH is 2. The normalized spacial score (nSPS) is 15.7. The van der Waals surface area contributed by atoms with Crippen molar-refractivity contribution in [2.45, 2.75) is 135 Å². The van der Waals surface area contributed by atoms with Crippen molar-refractivity contribution in [3.63, 3.8) is 0 Å². The van der Waals surface area contributed by atoms with Crippen molar-refractivity contribution in [3.05, 3.63) is 122 Å². The summed E-state index contributed by atoms with van der Waals surface area (Å²) in [6.07, 6.45) is 48.7. The van der Waals surface area contributed by atoms with Crippen LogP contribution in [0.3, 0.4) is 0 Å². The number of carbonyl (C=O) groups excluding carboxylic acids is 2. The number of phosphoric ester groups is 1. The zero-order valence-corrected chi connectivity index (χ0v) is 39.4. The number of hydrogen-bond donors (Lipinski definition) is 3. The summed E-state index contributed by atoms with van der Waals surface area (Å²) in [5, 5.41) is 20.7. The maximum atomic E-state index is 12.7. The van der Waals surface area contributed by atoms with E-state index in [0.29, 0.717) is 17.4 Å². The number of likely N-dealkylation sites (N-methyl/N-ethyl adjacent to an activating group) is 1. The Morgan fingerprint density at radius 3 is 1.45 bits per heavy atom. The minimum absolute atomic E-state index is 0.0351. The third-order valence-electron chi connectivity index (χ3n) is 8.70. The van der Waals surface area contributed by atoms with Crippen LogP contribution in [0.25, 0.3) is 0 Å². The Kier molecular flexibility index (Phi) is 37.8. The third kappa shape index (κ3) is 41.7. The zero-order valence-electron chi connectivity index (χ0n) is 38.5. The standard InChI is InChI=1S/C50H80NO10P/c1-6-8-10-12-14-16-18-20-21-22-23-24-25-26-28-30-32-34-36-40-50(55)61-46(45-60-62(56,57)59-43-42-51(3,4)5)44-58-49(54)41-37-39-48(53)47(52)38-35-33-31-29-27-19-17-15-13-11-9-7-2/h8-11,14-17,20-21,23-24,26-29,32-35,46-48,52-53H,6-7,12-13,18-19,22,25,30-31,36-45H2,1-5H3/p+1/b10-8-,11-9-,16-14-,17-15-,21-20-,24-23-,28-26-,29-27-,34-32-,35-33-/t46-,47+,48+/m1/s1. The lowest BCUT2D eigenvalue weighted by Gasteiger charge is -2.24. The molecule has 1 unspecified atom stereocenters. The van der Waals surface area contributed by atoms with Crippen molar-refractivity contribution in [3.8, 4) is 0 Å². The fraction of sp³-hybridized carbons (Fsp3) is 0.560. The van der Waals surface area contributed by atoms with Crippen LogP contribution in [-0.4, -0.2) is 97.3 Å². The van der Waals surface area contributed by atoms with E-state index < -0.39 is 51.3 Å². The summed E-state index contributed by atoms with van der Waals surface area (Å²) >= 11 is 0. The largest absolute Gasteiger partial charge is 0.472 e. The molecule has 350 valence electrons. The molecule has 0 aliphatic heterocycles. The Hall–Kier alpha value is -3.67. The van der Waals surface area contributed by atoms with E-state index in [0.717, 1.165) is 64.2 Å². The molecule has 0 aliphatic rings. The zero-order chi connectivity index (χ0) is 46.0. The molecule has 0 heterocycles. The molecule has 0 aromatic carbocycles. The summed E-state index contributed by atoms with van der Waals surface area (Å²) in [5.74, 6) is -1.20. The third-order valence-corrected chi connectivity index (χ3v) is 9.69. The number of allylic oxidation sites excluding steroid dienone is 19. The summed E-state index contributed by atoms with van der Waals surface area (Å²) < 4.78 is 34.0. The lowest BCUT2D eigenvalue weighted by molar-refractivity contribution is -0.870. The van der Waals surface area contributed by atoms with Gasteiger partial charge in [-0.15, -0.1) is 0 Å². The summed E-state index contributed by atoms with van der Waals surface area (Å²) in [6.45, 7) is 3.73. The molecule has 12 heteroatoms. The van der Waals surface area contributed by atoms with Crippen LogP contribution in [0.4, 0.5) is 0 Å². The molecule has 0 spiro atoms. The molecule has 62 heavy (non-hydrogen) atoms. The Balaban J connectivity index is 4.73. The van der Waals surface area contributed by atoms with Gasteiger partial charge in [0.1, 0.15) is 19.8 Å². The number of hydrogen-bond acceptors (Lipinski definition) is 9. The van der Waals surface area contributed by atoms with Gasteiger partial charge in [-0.2, -0.15) is 0 Å². The number of aliphatic hydroxyl groups is 2. The molecule has 0 aromatic heterocycles. The monoisotopic (exact) mass is 887 g/mol. The molecule has 0 bridgehead atoms. The molecular formula is C50H81NO10P+. The molecule has 0 amide bonds. The van der Waals surface area contributed by atoms with Gasteiger partial charge < -0.3 is 29.1 Å². The quantitative estimate of drug-likeness (QED) is 0.0237. The second-order valence-corrected chi connectivity index (χ2v) is 17.1. The highest BCUT2D eigenvalue weighted by molar-refractivity contribution is 7.47. The molecule has 3 N–H and O–H groups in total. The summed E-state index contributed by atoms with van der Waals surface area (Å²) in [5.41, 5.74) is 0. The molecule has 0 fully saturated rings. The van der Waals surface area contributed by atoms with Gasteiger partial charge in [0.2, 0.25) is 0 Å². The van der Waals surface area contributed by atoms with Crippen molar-refractivity contribution >= 4 is 19.8 Å². The average Bonchev–Trinajstić information content (AvgIpc) is 3.22. The molecule has 0 aliphatic carbocycles. The van der Waals surface area contributed by atoms with E-state index in [1.54, 1.807) is 0 Å². The van der Waals surface area contributed by atoms with Crippen LogP contribution >= 0.6 is 7.82 Å². The van der Waals surface area contributed by atoms with Crippen LogP contribution in [0.5, 0.6) is 0 Å². The van der Waals surface area contributed by atoms with Crippen molar-refractivity contribution in [1.29, 1.82) is 0 Å². The number of esters is 2. The van der Waals surface area contributed by atoms with Gasteiger partial charge >= 0.3 is 19.8 Å². The van der Waals surface area contributed by atoms with Gasteiger partial charge in [0.15, 0.2) is 6.10 Å². The molecule has 0 aromatic rings. The summed E-state index contributed by atoms with van der Waals surface area (Å²) in [4.78, 5) is 35.4. The van der Waals surface area contributed by atoms with Gasteiger partial charge in [-0.05, 0) is 89.9 Å². The van der Waals surface area contributed by atoms with E-state index in [4.69, 9.17) is 18.5 Å². The Morgan fingerprint density at radius 1 is 0.565 bits per heavy atom. The van der Waals surface area contributed by atoms with Crippen molar-refractivity contribution in [2.75, 3.05) is 47.5 Å². The second kappa shape index (κ2) is 40.1. The van der Waals surface area contributed by atoms with Crippen LogP contribution < -0.4 is 0 Å². The Morgan fingerprint density at radius 2 is 1.00 bits per heavy atom. The van der Waals surface area contributed by atoms with E-state index in [9.17, 15) is 29.3 Å². The molecule has 0 radical (unpaired) electrons. The minimum atomic E-state index is -4.48. The number of nitrogens with zero attached hydrogens (tertiary/aromatic N) is 1. The Labute approximate surface area is 374 Å². The smallest absolute Gasteiger partial charge is 0.462 e. The highest BCUT2D eigenvalue weighted by atomic mass is 31.2. The SMILES string of the molecule is CC/C=C\C/C=C\C/C=C\C/C=C\C/C=C\C/C=C\CCC(=O)O[C@H](COC(=O)CCC[C@H](O)[C@@H](O)C/C=C\C/C=C\C/C=C\C/C=C\CC)COP(=O)(O)OCC[N+](C)(C)C. The van der Waals surface area contributed by atoms with Gasteiger partial charge in [-0.3, -0.25) is 18.6 Å². The summed E-state index contributed by atoms with van der Waals surface area (Å²) in [7, 11) is 1.25. The van der Waals surface area contributed by atoms with Gasteiger partial charge in [-0.25, -0.2) is 4.57 Å². The van der Waals surface area contributed by atoms with Crippen molar-refractivity contribution < 1.29 is 52.3 Å². The second-order valence-electron chi connectivity index (χ2n) is 15.6. The van der Waals surface area contributed by atoms with Gasteiger partial charge in [0.05, 0.1) is 40.0 Å². The van der Waals surface area contributed by atoms with E-state index in [1.807, 2.05) is 51.5 Å². The molecule has 0 rings (SSSR count). The lowest BCUT2D eigenvalue weighted by Crippen LogP contribution is -2.37. The van der Waals surface area contributed by atoms with E-state index in [-0.39, 0.29) is 38.7 Å². The maximum Gasteiger partial charge on any atom is 0.472 e. The highest BCUT2D eigenvalue weighted by Crippen LogP contribution is 2.43. The van der Waals surface area contributed by atoms with E-state index >= 15 is 0 Å². The fourth-order valence-electron chi connectivity index (χ4n) is 5.12. The molecule has 0 saturated heterocycles. The van der Waals surface area contributed by atoms with Crippen LogP contribution in [0, 0.1) is 0 Å². The van der Waals surface area contributed by atoms with Crippen molar-refractivity contribution in [2.24, 2.45) is 0 Å². The summed E-state index contributed by atoms with van der Waals surface area (Å²) in [6, 6.07) is 0. The molecule has 4 atom stereocenters. The number of ether oxygens (including phenoxy) is 2. The molecule has 0 saturated carbocycles. The van der Waals surface area contributed by atoms with E-state index in [2.05, 4.69) is 105 Å². The topological polar surface area (TPSA) is 149 Å². The van der Waals surface area contributed by atoms with Gasteiger partial charge in [0.25, 0.3) is 0 Å². The van der Waals surface area contributed by atoms with Crippen LogP contribution in [0.1, 0.15) is 117 Å². The first-order valence-electron chi connectivity index (χ1n) is 22.4. The average molecular weight is 887 g/mol. The predicted molar refractivity (Wildman–Crippen MR) is 254 cm³/mol. The number of rotatable bonds is 38. The maximum absolute atomic E-state index is 12.7. The first-order valence-corrected chi connectivity index (χ1v) is 23.9. The number of quaternary nitrogens is 1.